The molecular formula is C31H29ClFN3O4S2. The topological polar surface area (TPSA) is 99.6 Å². The summed E-state index contributed by atoms with van der Waals surface area (Å²) in [5, 5.41) is 15.4. The lowest BCUT2D eigenvalue weighted by Gasteiger charge is -2.32. The lowest BCUT2D eigenvalue weighted by atomic mass is 9.80. The van der Waals surface area contributed by atoms with E-state index in [4.69, 9.17) is 16.7 Å². The summed E-state index contributed by atoms with van der Waals surface area (Å²) < 4.78 is 16.3. The van der Waals surface area contributed by atoms with Gasteiger partial charge in [0.15, 0.2) is 0 Å². The van der Waals surface area contributed by atoms with Gasteiger partial charge in [-0.25, -0.2) is 9.37 Å². The zero-order valence-electron chi connectivity index (χ0n) is 22.6. The van der Waals surface area contributed by atoms with Crippen molar-refractivity contribution in [3.8, 4) is 0 Å². The highest BCUT2D eigenvalue weighted by Gasteiger charge is 2.46. The highest BCUT2D eigenvalue weighted by molar-refractivity contribution is 7.17. The molecule has 218 valence electrons. The van der Waals surface area contributed by atoms with Crippen LogP contribution in [0.15, 0.2) is 48.0 Å². The zero-order valence-corrected chi connectivity index (χ0v) is 25.0. The first-order valence-electron chi connectivity index (χ1n) is 14.0. The number of hydrogen-bond acceptors (Lipinski definition) is 6. The molecule has 1 aliphatic carbocycles. The first kappa shape index (κ1) is 28.8. The Labute approximate surface area is 255 Å². The molecule has 2 aromatic heterocycles. The molecule has 4 aromatic rings. The Kier molecular flexibility index (Phi) is 8.29. The van der Waals surface area contributed by atoms with Crippen molar-refractivity contribution in [3.63, 3.8) is 0 Å². The summed E-state index contributed by atoms with van der Waals surface area (Å²) in [5.41, 5.74) is 0.831. The Bertz CT molecular complexity index is 1670. The number of carbonyl (C=O) groups excluding carboxylic acids is 2. The minimum absolute atomic E-state index is 0.0600. The van der Waals surface area contributed by atoms with E-state index < -0.39 is 11.8 Å². The van der Waals surface area contributed by atoms with Gasteiger partial charge in [0.1, 0.15) is 5.82 Å². The molecule has 1 aliphatic heterocycles. The van der Waals surface area contributed by atoms with Crippen LogP contribution in [-0.4, -0.2) is 45.4 Å². The van der Waals surface area contributed by atoms with E-state index in [9.17, 15) is 14.4 Å². The number of hydrogen-bond donors (Lipinski definition) is 2. The largest absolute Gasteiger partial charge is 0.481 e. The average Bonchev–Trinajstić information content (AvgIpc) is 3.71. The number of rotatable bonds is 8. The van der Waals surface area contributed by atoms with Crippen LogP contribution in [0.2, 0.25) is 5.02 Å². The van der Waals surface area contributed by atoms with Crippen LogP contribution in [0.4, 0.5) is 10.1 Å². The molecule has 0 spiro atoms. The molecule has 0 radical (unpaired) electrons. The van der Waals surface area contributed by atoms with Crippen molar-refractivity contribution in [1.29, 1.82) is 0 Å². The number of carbonyl (C=O) groups is 3. The van der Waals surface area contributed by atoms with E-state index >= 15 is 4.39 Å². The summed E-state index contributed by atoms with van der Waals surface area (Å²) in [6.07, 6.45) is 6.15. The van der Waals surface area contributed by atoms with Crippen LogP contribution >= 0.6 is 34.3 Å². The molecule has 2 fully saturated rings. The van der Waals surface area contributed by atoms with Gasteiger partial charge in [0, 0.05) is 45.0 Å². The monoisotopic (exact) mass is 625 g/mol. The predicted molar refractivity (Wildman–Crippen MR) is 163 cm³/mol. The standard InChI is InChI=1S/C31H29ClFN3O4S2/c32-23-11-17(24(33)13-25(23)35-30(40)22-16-41-27-8-4-2-6-20(22)27)12-28(37)36-15-21(19-5-1-3-7-26(19)36)31-34-14-18(42-31)9-10-29(38)39/h2,4,6,8,11,13-14,16,19,21,26H,1,3,5,7,9-10,12,15H2,(H,35,40)(H,38,39). The fraction of sp³-hybridized carbons (Fsp3) is 0.355. The predicted octanol–water partition coefficient (Wildman–Crippen LogP) is 7.15. The van der Waals surface area contributed by atoms with Crippen molar-refractivity contribution in [2.75, 3.05) is 11.9 Å². The summed E-state index contributed by atoms with van der Waals surface area (Å²) >= 11 is 9.47. The van der Waals surface area contributed by atoms with Crippen molar-refractivity contribution in [3.05, 3.63) is 79.8 Å². The maximum Gasteiger partial charge on any atom is 0.303 e. The highest BCUT2D eigenvalue weighted by atomic mass is 35.5. The Morgan fingerprint density at radius 3 is 2.81 bits per heavy atom. The van der Waals surface area contributed by atoms with Crippen molar-refractivity contribution < 1.29 is 23.9 Å². The Hall–Kier alpha value is -3.34. The lowest BCUT2D eigenvalue weighted by Crippen LogP contribution is -2.40. The fourth-order valence-corrected chi connectivity index (χ4v) is 8.55. The van der Waals surface area contributed by atoms with Gasteiger partial charge in [0.25, 0.3) is 5.91 Å². The van der Waals surface area contributed by atoms with E-state index in [-0.39, 0.29) is 58.8 Å². The van der Waals surface area contributed by atoms with E-state index in [2.05, 4.69) is 10.3 Å². The van der Waals surface area contributed by atoms with Gasteiger partial charge in [0.05, 0.1) is 34.1 Å². The quantitative estimate of drug-likeness (QED) is 0.217. The number of aryl methyl sites for hydroxylation is 1. The van der Waals surface area contributed by atoms with E-state index in [0.29, 0.717) is 18.5 Å². The maximum absolute atomic E-state index is 15.3. The molecule has 42 heavy (non-hydrogen) atoms. The summed E-state index contributed by atoms with van der Waals surface area (Å²) in [6, 6.07) is 10.2. The van der Waals surface area contributed by atoms with E-state index in [1.165, 1.54) is 34.8 Å². The van der Waals surface area contributed by atoms with Crippen LogP contribution < -0.4 is 5.32 Å². The summed E-state index contributed by atoms with van der Waals surface area (Å²) in [7, 11) is 0. The molecule has 2 N–H and O–H groups in total. The van der Waals surface area contributed by atoms with Gasteiger partial charge in [-0.05, 0) is 48.9 Å². The molecule has 3 atom stereocenters. The van der Waals surface area contributed by atoms with Gasteiger partial charge < -0.3 is 15.3 Å². The number of fused-ring (bicyclic) bond motifs is 2. The molecule has 3 heterocycles. The molecule has 1 saturated heterocycles. The first-order chi connectivity index (χ1) is 20.3. The minimum Gasteiger partial charge on any atom is -0.481 e. The molecule has 2 amide bonds. The number of aliphatic carboxylic acids is 1. The number of anilines is 1. The van der Waals surface area contributed by atoms with Crippen molar-refractivity contribution in [2.45, 2.75) is 56.9 Å². The molecule has 2 aliphatic rings. The maximum atomic E-state index is 15.3. The zero-order chi connectivity index (χ0) is 29.4. The number of likely N-dealkylation sites (tertiary alicyclic amines) is 1. The smallest absolute Gasteiger partial charge is 0.303 e. The van der Waals surface area contributed by atoms with Crippen molar-refractivity contribution >= 4 is 67.8 Å². The number of nitrogens with one attached hydrogen (secondary N) is 1. The van der Waals surface area contributed by atoms with Crippen LogP contribution in [-0.2, 0) is 22.4 Å². The number of halogens is 2. The fourth-order valence-electron chi connectivity index (χ4n) is 6.29. The molecule has 2 aromatic carbocycles. The van der Waals surface area contributed by atoms with Crippen LogP contribution in [0.1, 0.15) is 63.8 Å². The van der Waals surface area contributed by atoms with Crippen LogP contribution in [0.5, 0.6) is 0 Å². The number of benzene rings is 2. The van der Waals surface area contributed by atoms with Gasteiger partial charge in [-0.3, -0.25) is 14.4 Å². The Morgan fingerprint density at radius 1 is 1.17 bits per heavy atom. The molecule has 11 heteroatoms. The number of aromatic nitrogens is 1. The van der Waals surface area contributed by atoms with Crippen molar-refractivity contribution in [1.82, 2.24) is 9.88 Å². The Balaban J connectivity index is 1.16. The second kappa shape index (κ2) is 12.1. The number of nitrogens with zero attached hydrogens (tertiary/aromatic N) is 2. The molecular weight excluding hydrogens is 597 g/mol. The first-order valence-corrected chi connectivity index (χ1v) is 16.1. The molecule has 0 bridgehead atoms. The second-order valence-electron chi connectivity index (χ2n) is 10.9. The van der Waals surface area contributed by atoms with Crippen LogP contribution in [0, 0.1) is 11.7 Å². The molecule has 7 nitrogen and oxygen atoms in total. The normalized spacial score (nSPS) is 20.0. The summed E-state index contributed by atoms with van der Waals surface area (Å²) in [5.74, 6) is -1.61. The number of thiophene rings is 1. The Morgan fingerprint density at radius 2 is 1.98 bits per heavy atom. The van der Waals surface area contributed by atoms with E-state index in [1.807, 2.05) is 29.2 Å². The number of thiazole rings is 1. The average molecular weight is 626 g/mol. The van der Waals surface area contributed by atoms with Gasteiger partial charge in [-0.15, -0.1) is 22.7 Å². The van der Waals surface area contributed by atoms with E-state index in [0.717, 1.165) is 45.7 Å². The number of carboxylic acid groups (broad SMARTS) is 1. The lowest BCUT2D eigenvalue weighted by molar-refractivity contribution is -0.137. The molecule has 1 saturated carbocycles. The summed E-state index contributed by atoms with van der Waals surface area (Å²) in [6.45, 7) is 0.512. The number of amides is 2. The van der Waals surface area contributed by atoms with Gasteiger partial charge in [-0.2, -0.15) is 0 Å². The van der Waals surface area contributed by atoms with Gasteiger partial charge in [0.2, 0.25) is 5.91 Å². The van der Waals surface area contributed by atoms with Crippen LogP contribution in [0.25, 0.3) is 10.1 Å². The third-order valence-corrected chi connectivity index (χ3v) is 10.8. The highest BCUT2D eigenvalue weighted by Crippen LogP contribution is 2.46. The van der Waals surface area contributed by atoms with Crippen LogP contribution in [0.3, 0.4) is 0 Å². The van der Waals surface area contributed by atoms with Crippen molar-refractivity contribution in [2.24, 2.45) is 5.92 Å². The summed E-state index contributed by atoms with van der Waals surface area (Å²) in [4.78, 5) is 45.0. The minimum atomic E-state index is -0.839. The second-order valence-corrected chi connectivity index (χ2v) is 13.4. The number of carboxylic acids is 1. The molecule has 3 unspecified atom stereocenters. The molecule has 6 rings (SSSR count). The van der Waals surface area contributed by atoms with Gasteiger partial charge >= 0.3 is 5.97 Å². The van der Waals surface area contributed by atoms with E-state index in [1.54, 1.807) is 11.6 Å². The third kappa shape index (κ3) is 5.80. The third-order valence-electron chi connectivity index (χ3n) is 8.34. The SMILES string of the molecule is O=C(O)CCc1cnc(C2CN(C(=O)Cc3cc(Cl)c(NC(=O)c4csc5ccccc45)cc3F)C3CCCCC23)s1. The van der Waals surface area contributed by atoms with Gasteiger partial charge in [-0.1, -0.05) is 42.6 Å².